The maximum atomic E-state index is 12.2. The summed E-state index contributed by atoms with van der Waals surface area (Å²) < 4.78 is 0. The fraction of sp³-hybridized carbons (Fsp3) is 0. The summed E-state index contributed by atoms with van der Waals surface area (Å²) in [5.41, 5.74) is 2.81. The minimum absolute atomic E-state index is 0.166. The summed E-state index contributed by atoms with van der Waals surface area (Å²) in [6.07, 6.45) is 1.56. The third-order valence-electron chi connectivity index (χ3n) is 3.05. The fourth-order valence-corrected chi connectivity index (χ4v) is 2.03. The molecule has 0 saturated carbocycles. The maximum absolute atomic E-state index is 12.2. The van der Waals surface area contributed by atoms with Gasteiger partial charge in [0.25, 0.3) is 5.91 Å². The van der Waals surface area contributed by atoms with Crippen LogP contribution in [0.4, 0.5) is 5.69 Å². The number of rotatable bonds is 3. The van der Waals surface area contributed by atoms with E-state index in [0.29, 0.717) is 16.9 Å². The molecule has 4 nitrogen and oxygen atoms in total. The number of hydrogen-bond donors (Lipinski definition) is 1. The van der Waals surface area contributed by atoms with Gasteiger partial charge < -0.3 is 5.32 Å². The van der Waals surface area contributed by atoms with E-state index >= 15 is 0 Å². The third-order valence-corrected chi connectivity index (χ3v) is 3.05. The lowest BCUT2D eigenvalue weighted by atomic mass is 10.1. The second-order valence-electron chi connectivity index (χ2n) is 4.48. The van der Waals surface area contributed by atoms with Crippen molar-refractivity contribution in [3.63, 3.8) is 0 Å². The first-order chi connectivity index (χ1) is 10.3. The van der Waals surface area contributed by atoms with Gasteiger partial charge in [-0.25, -0.2) is 0 Å². The number of nitrogens with one attached hydrogen (secondary N) is 1. The molecule has 0 saturated heterocycles. The summed E-state index contributed by atoms with van der Waals surface area (Å²) in [7, 11) is 0. The Hall–Kier alpha value is -3.01. The Morgan fingerprint density at radius 1 is 0.857 bits per heavy atom. The lowest BCUT2D eigenvalue weighted by Crippen LogP contribution is -2.13. The predicted octanol–water partition coefficient (Wildman–Crippen LogP) is 3.40. The Morgan fingerprint density at radius 3 is 2.24 bits per heavy atom. The quantitative estimate of drug-likeness (QED) is 0.797. The van der Waals surface area contributed by atoms with Gasteiger partial charge in [0.2, 0.25) is 0 Å². The first-order valence-corrected chi connectivity index (χ1v) is 6.58. The molecule has 3 rings (SSSR count). The molecule has 0 fully saturated rings. The van der Waals surface area contributed by atoms with E-state index in [0.717, 1.165) is 5.56 Å². The van der Waals surface area contributed by atoms with Crippen molar-refractivity contribution in [3.8, 4) is 11.3 Å². The van der Waals surface area contributed by atoms with Crippen LogP contribution in [0.3, 0.4) is 0 Å². The zero-order chi connectivity index (χ0) is 14.5. The molecule has 0 radical (unpaired) electrons. The van der Waals surface area contributed by atoms with E-state index in [9.17, 15) is 4.79 Å². The van der Waals surface area contributed by atoms with E-state index in [1.165, 1.54) is 0 Å². The topological polar surface area (TPSA) is 54.9 Å². The standard InChI is InChI=1S/C17H13N3O/c21-17(14-9-5-2-6-10-14)19-15-11-12-18-20-16(15)13-7-3-1-4-8-13/h1-12H,(H,18,19,21). The Bertz CT molecular complexity index is 742. The van der Waals surface area contributed by atoms with Crippen LogP contribution in [0.5, 0.6) is 0 Å². The van der Waals surface area contributed by atoms with Crippen LogP contribution in [0.15, 0.2) is 72.9 Å². The Labute approximate surface area is 122 Å². The minimum Gasteiger partial charge on any atom is -0.320 e. The Morgan fingerprint density at radius 2 is 1.52 bits per heavy atom. The van der Waals surface area contributed by atoms with Crippen LogP contribution in [-0.2, 0) is 0 Å². The number of hydrogen-bond acceptors (Lipinski definition) is 3. The summed E-state index contributed by atoms with van der Waals surface area (Å²) in [6.45, 7) is 0. The third kappa shape index (κ3) is 2.95. The summed E-state index contributed by atoms with van der Waals surface area (Å²) >= 11 is 0. The highest BCUT2D eigenvalue weighted by Crippen LogP contribution is 2.24. The summed E-state index contributed by atoms with van der Waals surface area (Å²) in [4.78, 5) is 12.2. The number of carbonyl (C=O) groups excluding carboxylic acids is 1. The summed E-state index contributed by atoms with van der Waals surface area (Å²) in [5, 5.41) is 10.9. The second-order valence-corrected chi connectivity index (χ2v) is 4.48. The van der Waals surface area contributed by atoms with Gasteiger partial charge in [-0.1, -0.05) is 48.5 Å². The number of benzene rings is 2. The summed E-state index contributed by atoms with van der Waals surface area (Å²) in [5.74, 6) is -0.166. The van der Waals surface area contributed by atoms with Crippen LogP contribution in [0.1, 0.15) is 10.4 Å². The molecule has 1 aromatic heterocycles. The molecule has 2 aromatic carbocycles. The molecule has 1 heterocycles. The zero-order valence-corrected chi connectivity index (χ0v) is 11.2. The van der Waals surface area contributed by atoms with Gasteiger partial charge in [0.15, 0.2) is 0 Å². The van der Waals surface area contributed by atoms with E-state index in [1.807, 2.05) is 48.5 Å². The van der Waals surface area contributed by atoms with Gasteiger partial charge in [-0.05, 0) is 18.2 Å². The number of amides is 1. The van der Waals surface area contributed by atoms with Gasteiger partial charge in [0.05, 0.1) is 11.9 Å². The number of nitrogens with zero attached hydrogens (tertiary/aromatic N) is 2. The largest absolute Gasteiger partial charge is 0.320 e. The number of carbonyl (C=O) groups is 1. The molecular formula is C17H13N3O. The lowest BCUT2D eigenvalue weighted by Gasteiger charge is -2.09. The first kappa shape index (κ1) is 13.0. The molecule has 0 atom stereocenters. The molecular weight excluding hydrogens is 262 g/mol. The van der Waals surface area contributed by atoms with Crippen molar-refractivity contribution in [1.29, 1.82) is 0 Å². The highest BCUT2D eigenvalue weighted by molar-refractivity contribution is 6.05. The van der Waals surface area contributed by atoms with Crippen LogP contribution in [0.25, 0.3) is 11.3 Å². The average molecular weight is 275 g/mol. The lowest BCUT2D eigenvalue weighted by molar-refractivity contribution is 0.102. The van der Waals surface area contributed by atoms with Gasteiger partial charge in [-0.2, -0.15) is 5.10 Å². The van der Waals surface area contributed by atoms with Crippen LogP contribution in [-0.4, -0.2) is 16.1 Å². The van der Waals surface area contributed by atoms with E-state index in [4.69, 9.17) is 0 Å². The molecule has 4 heteroatoms. The van der Waals surface area contributed by atoms with E-state index in [1.54, 1.807) is 24.4 Å². The molecule has 0 bridgehead atoms. The molecule has 102 valence electrons. The molecule has 21 heavy (non-hydrogen) atoms. The molecule has 0 unspecified atom stereocenters. The van der Waals surface area contributed by atoms with E-state index in [-0.39, 0.29) is 5.91 Å². The Balaban J connectivity index is 1.92. The van der Waals surface area contributed by atoms with Gasteiger partial charge in [-0.15, -0.1) is 5.10 Å². The number of anilines is 1. The van der Waals surface area contributed by atoms with Crippen molar-refractivity contribution >= 4 is 11.6 Å². The van der Waals surface area contributed by atoms with Gasteiger partial charge >= 0.3 is 0 Å². The Kier molecular flexibility index (Phi) is 3.69. The first-order valence-electron chi connectivity index (χ1n) is 6.58. The number of aromatic nitrogens is 2. The zero-order valence-electron chi connectivity index (χ0n) is 11.2. The maximum Gasteiger partial charge on any atom is 0.255 e. The van der Waals surface area contributed by atoms with Crippen LogP contribution >= 0.6 is 0 Å². The van der Waals surface area contributed by atoms with Crippen molar-refractivity contribution in [2.45, 2.75) is 0 Å². The van der Waals surface area contributed by atoms with Crippen molar-refractivity contribution in [1.82, 2.24) is 10.2 Å². The molecule has 3 aromatic rings. The van der Waals surface area contributed by atoms with Crippen molar-refractivity contribution in [3.05, 3.63) is 78.5 Å². The van der Waals surface area contributed by atoms with Crippen molar-refractivity contribution in [2.24, 2.45) is 0 Å². The van der Waals surface area contributed by atoms with Crippen molar-refractivity contribution < 1.29 is 4.79 Å². The normalized spacial score (nSPS) is 10.1. The average Bonchev–Trinajstić information content (AvgIpc) is 2.57. The highest BCUT2D eigenvalue weighted by Gasteiger charge is 2.11. The molecule has 0 aliphatic rings. The molecule has 0 aliphatic heterocycles. The van der Waals surface area contributed by atoms with Gasteiger partial charge in [0.1, 0.15) is 5.69 Å². The van der Waals surface area contributed by atoms with E-state index < -0.39 is 0 Å². The monoisotopic (exact) mass is 275 g/mol. The van der Waals surface area contributed by atoms with Crippen LogP contribution in [0.2, 0.25) is 0 Å². The molecule has 0 aliphatic carbocycles. The highest BCUT2D eigenvalue weighted by atomic mass is 16.1. The smallest absolute Gasteiger partial charge is 0.255 e. The molecule has 1 N–H and O–H groups in total. The second kappa shape index (κ2) is 5.96. The molecule has 1 amide bonds. The predicted molar refractivity (Wildman–Crippen MR) is 81.9 cm³/mol. The van der Waals surface area contributed by atoms with E-state index in [2.05, 4.69) is 15.5 Å². The SMILES string of the molecule is O=C(Nc1ccnnc1-c1ccccc1)c1ccccc1. The molecule has 0 spiro atoms. The van der Waals surface area contributed by atoms with Crippen LogP contribution < -0.4 is 5.32 Å². The van der Waals surface area contributed by atoms with Crippen LogP contribution in [0, 0.1) is 0 Å². The van der Waals surface area contributed by atoms with Gasteiger partial charge in [-0.3, -0.25) is 4.79 Å². The van der Waals surface area contributed by atoms with Gasteiger partial charge in [0, 0.05) is 11.1 Å². The van der Waals surface area contributed by atoms with Crippen molar-refractivity contribution in [2.75, 3.05) is 5.32 Å². The summed E-state index contributed by atoms with van der Waals surface area (Å²) in [6, 6.07) is 20.5. The fourth-order valence-electron chi connectivity index (χ4n) is 2.03. The minimum atomic E-state index is -0.166.